The summed E-state index contributed by atoms with van der Waals surface area (Å²) in [5.74, 6) is 0. The van der Waals surface area contributed by atoms with Crippen LogP contribution in [0.25, 0.3) is 0 Å². The molecule has 0 saturated carbocycles. The molecular formula is H21Mg2O11P. The molecule has 0 fully saturated rings. The number of hydrogen-bond donors (Lipinski definition) is 3. The maximum atomic E-state index is 8.88. The second-order valence-corrected chi connectivity index (χ2v) is 1.54. The Morgan fingerprint density at radius 3 is 0.571 bits per heavy atom. The molecule has 0 saturated heterocycles. The molecule has 0 aliphatic rings. The van der Waals surface area contributed by atoms with E-state index < -0.39 is 7.82 Å². The molecule has 0 aromatic heterocycles. The van der Waals surface area contributed by atoms with Gasteiger partial charge in [-0.25, -0.2) is 4.57 Å². The Labute approximate surface area is 111 Å². The van der Waals surface area contributed by atoms with E-state index in [1.165, 1.54) is 0 Å². The van der Waals surface area contributed by atoms with Gasteiger partial charge in [0.2, 0.25) is 0 Å². The van der Waals surface area contributed by atoms with E-state index in [-0.39, 0.29) is 84.4 Å². The van der Waals surface area contributed by atoms with Crippen molar-refractivity contribution in [3.8, 4) is 0 Å². The molecule has 11 nitrogen and oxygen atoms in total. The van der Waals surface area contributed by atoms with Gasteiger partial charge in [0, 0.05) is 0 Å². The third kappa shape index (κ3) is 1100. The fourth-order valence-corrected chi connectivity index (χ4v) is 0. The minimum atomic E-state index is -4.64. The maximum absolute atomic E-state index is 8.88. The highest BCUT2D eigenvalue weighted by molar-refractivity contribution is 7.45. The first-order valence-corrected chi connectivity index (χ1v) is 2.35. The Hall–Kier alpha value is 1.36. The van der Waals surface area contributed by atoms with E-state index in [4.69, 9.17) is 19.2 Å². The monoisotopic (exact) mass is 276 g/mol. The summed E-state index contributed by atoms with van der Waals surface area (Å²) in [7, 11) is -4.64. The first kappa shape index (κ1) is 110. The quantitative estimate of drug-likeness (QED) is 0.286. The summed E-state index contributed by atoms with van der Waals surface area (Å²) < 4.78 is 8.88. The zero-order valence-corrected chi connectivity index (χ0v) is 6.59. The normalized spacial score (nSPS) is 4.21. The number of hydrogen-bond acceptors (Lipinski definition) is 1. The molecule has 0 aliphatic carbocycles. The third-order valence-corrected chi connectivity index (χ3v) is 0. The molecule has 0 aromatic carbocycles. The Balaban J connectivity index is -0.00000000222. The van der Waals surface area contributed by atoms with Crippen molar-refractivity contribution in [2.24, 2.45) is 0 Å². The average molecular weight is 277 g/mol. The summed E-state index contributed by atoms with van der Waals surface area (Å²) in [5.41, 5.74) is 0. The molecular weight excluding hydrogens is 256 g/mol. The van der Waals surface area contributed by atoms with Gasteiger partial charge in [0.1, 0.15) is 0 Å². The van der Waals surface area contributed by atoms with Gasteiger partial charge in [-0.1, -0.05) is 0 Å². The van der Waals surface area contributed by atoms with Gasteiger partial charge in [0.15, 0.2) is 0 Å². The second kappa shape index (κ2) is 47.3. The average Bonchev–Trinajstić information content (AvgIpc) is 0.722. The SMILES string of the molecule is O.O.O.O.O.O.O.O=P(O)(O)O.[MgH2].[MgH2]. The molecule has 0 unspecified atom stereocenters. The van der Waals surface area contributed by atoms with E-state index in [0.717, 1.165) is 0 Å². The molecule has 0 bridgehead atoms. The molecule has 0 atom stereocenters. The van der Waals surface area contributed by atoms with E-state index in [2.05, 4.69) is 0 Å². The highest BCUT2D eigenvalue weighted by atomic mass is 31.2. The first-order valence-electron chi connectivity index (χ1n) is 0.783. The lowest BCUT2D eigenvalue weighted by Gasteiger charge is -1.82. The van der Waals surface area contributed by atoms with Crippen LogP contribution in [0, 0.1) is 0 Å². The summed E-state index contributed by atoms with van der Waals surface area (Å²) in [6, 6.07) is 0. The Morgan fingerprint density at radius 2 is 0.571 bits per heavy atom. The molecule has 0 amide bonds. The van der Waals surface area contributed by atoms with Crippen LogP contribution in [0.1, 0.15) is 0 Å². The Morgan fingerprint density at radius 1 is 0.571 bits per heavy atom. The highest BCUT2D eigenvalue weighted by Gasteiger charge is 2.00. The lowest BCUT2D eigenvalue weighted by Crippen LogP contribution is -1.66. The van der Waals surface area contributed by atoms with Crippen LogP contribution in [0.5, 0.6) is 0 Å². The van der Waals surface area contributed by atoms with Crippen LogP contribution in [0.2, 0.25) is 0 Å². The minimum absolute atomic E-state index is 0. The van der Waals surface area contributed by atoms with Crippen LogP contribution in [-0.2, 0) is 4.57 Å². The van der Waals surface area contributed by atoms with Gasteiger partial charge >= 0.3 is 53.9 Å². The molecule has 0 aromatic rings. The topological polar surface area (TPSA) is 298 Å². The van der Waals surface area contributed by atoms with Crippen LogP contribution < -0.4 is 0 Å². The molecule has 0 spiro atoms. The van der Waals surface area contributed by atoms with Crippen LogP contribution >= 0.6 is 7.82 Å². The summed E-state index contributed by atoms with van der Waals surface area (Å²) in [6.45, 7) is 0. The number of rotatable bonds is 0. The van der Waals surface area contributed by atoms with E-state index in [1.807, 2.05) is 0 Å². The fraction of sp³-hybridized carbons (Fsp3) is 0. The van der Waals surface area contributed by atoms with Crippen molar-refractivity contribution in [1.29, 1.82) is 0 Å². The van der Waals surface area contributed by atoms with Crippen molar-refractivity contribution >= 4 is 53.9 Å². The minimum Gasteiger partial charge on any atom is -0.412 e. The van der Waals surface area contributed by atoms with Crippen molar-refractivity contribution in [1.82, 2.24) is 0 Å². The predicted octanol–water partition coefficient (Wildman–Crippen LogP) is -8.53. The molecule has 14 heteroatoms. The van der Waals surface area contributed by atoms with Gasteiger partial charge in [-0.2, -0.15) is 0 Å². The predicted molar refractivity (Wildman–Crippen MR) is 56.6 cm³/mol. The molecule has 0 heterocycles. The summed E-state index contributed by atoms with van der Waals surface area (Å²) in [5, 5.41) is 0. The van der Waals surface area contributed by atoms with Gasteiger partial charge in [-0.3, -0.25) is 0 Å². The molecule has 96 valence electrons. The lowest BCUT2D eigenvalue weighted by molar-refractivity contribution is 0.275. The molecule has 0 rings (SSSR count). The van der Waals surface area contributed by atoms with E-state index >= 15 is 0 Å². The fourth-order valence-electron chi connectivity index (χ4n) is 0. The van der Waals surface area contributed by atoms with Crippen LogP contribution in [-0.4, -0.2) is 99.1 Å². The van der Waals surface area contributed by atoms with E-state index in [0.29, 0.717) is 0 Å². The van der Waals surface area contributed by atoms with Gasteiger partial charge in [-0.15, -0.1) is 0 Å². The molecule has 0 aliphatic heterocycles. The van der Waals surface area contributed by atoms with Gasteiger partial charge < -0.3 is 53.0 Å². The van der Waals surface area contributed by atoms with Crippen molar-refractivity contribution in [3.63, 3.8) is 0 Å². The van der Waals surface area contributed by atoms with Crippen molar-refractivity contribution in [3.05, 3.63) is 0 Å². The van der Waals surface area contributed by atoms with Crippen LogP contribution in [0.3, 0.4) is 0 Å². The molecule has 14 heavy (non-hydrogen) atoms. The smallest absolute Gasteiger partial charge is 0.412 e. The lowest BCUT2D eigenvalue weighted by atomic mass is 15.8. The first-order chi connectivity index (χ1) is 2.00. The summed E-state index contributed by atoms with van der Waals surface area (Å²) in [4.78, 5) is 21.6. The van der Waals surface area contributed by atoms with E-state index in [9.17, 15) is 0 Å². The van der Waals surface area contributed by atoms with Crippen molar-refractivity contribution < 1.29 is 57.6 Å². The zero-order chi connectivity index (χ0) is 4.50. The largest absolute Gasteiger partial charge is 0.466 e. The number of phosphoric acid groups is 1. The summed E-state index contributed by atoms with van der Waals surface area (Å²) >= 11 is 0. The van der Waals surface area contributed by atoms with Gasteiger partial charge in [0.25, 0.3) is 0 Å². The van der Waals surface area contributed by atoms with E-state index in [1.54, 1.807) is 0 Å². The van der Waals surface area contributed by atoms with Gasteiger partial charge in [-0.05, 0) is 0 Å². The Kier molecular flexibility index (Phi) is 372. The highest BCUT2D eigenvalue weighted by Crippen LogP contribution is 2.25. The van der Waals surface area contributed by atoms with Crippen molar-refractivity contribution in [2.75, 3.05) is 0 Å². The molecule has 0 radical (unpaired) electrons. The van der Waals surface area contributed by atoms with Crippen molar-refractivity contribution in [2.45, 2.75) is 0 Å². The van der Waals surface area contributed by atoms with Gasteiger partial charge in [0.05, 0.1) is 0 Å². The van der Waals surface area contributed by atoms with Crippen LogP contribution in [0.4, 0.5) is 0 Å². The van der Waals surface area contributed by atoms with Crippen LogP contribution in [0.15, 0.2) is 0 Å². The Bertz CT molecular complexity index is 59.4. The standard InChI is InChI=1S/2Mg.H3O4P.7H2O.4H/c;;1-5(2,3)4;;;;;;;;;;;/h;;(H3,1,2,3,4);7*1H2;;;;. The second-order valence-electron chi connectivity index (χ2n) is 0.513. The summed E-state index contributed by atoms with van der Waals surface area (Å²) in [6.07, 6.45) is 0. The third-order valence-electron chi connectivity index (χ3n) is 0. The maximum Gasteiger partial charge on any atom is 0.466 e. The zero-order valence-electron chi connectivity index (χ0n) is 5.70. The molecule has 17 N–H and O–H groups in total.